The smallest absolute Gasteiger partial charge is 0.204 e. The normalized spacial score (nSPS) is 11.5. The van der Waals surface area contributed by atoms with E-state index in [1.54, 1.807) is 19.2 Å². The van der Waals surface area contributed by atoms with Crippen LogP contribution < -0.4 is 14.9 Å². The van der Waals surface area contributed by atoms with Gasteiger partial charge in [0.15, 0.2) is 16.8 Å². The van der Waals surface area contributed by atoms with Crippen LogP contribution >= 0.6 is 0 Å². The lowest BCUT2D eigenvalue weighted by atomic mass is 10.1. The molecule has 4 rings (SSSR count). The molecule has 0 fully saturated rings. The van der Waals surface area contributed by atoms with Crippen LogP contribution in [0.25, 0.3) is 33.3 Å². The number of hydrogen-bond acceptors (Lipinski definition) is 6. The highest BCUT2D eigenvalue weighted by molar-refractivity contribution is 5.87. The topological polar surface area (TPSA) is 80.6 Å². The van der Waals surface area contributed by atoms with E-state index in [-0.39, 0.29) is 5.43 Å². The predicted octanol–water partition coefficient (Wildman–Crippen LogP) is 3.85. The van der Waals surface area contributed by atoms with Crippen molar-refractivity contribution in [3.8, 4) is 22.8 Å². The minimum atomic E-state index is -0.140. The number of nitrogens with one attached hydrogen (secondary N) is 1. The SMILES string of the molecule is COc1ccc2c(=O)cc(-c3ccc4[nH]c(CCCN(C)C)nc4c3)oc2c1OC. The van der Waals surface area contributed by atoms with E-state index in [0.717, 1.165) is 41.8 Å². The zero-order valence-electron chi connectivity index (χ0n) is 17.6. The Kier molecular flexibility index (Phi) is 5.46. The molecule has 30 heavy (non-hydrogen) atoms. The molecule has 0 aliphatic heterocycles. The fourth-order valence-corrected chi connectivity index (χ4v) is 3.57. The Morgan fingerprint density at radius 1 is 1.10 bits per heavy atom. The first kappa shape index (κ1) is 20.0. The zero-order valence-corrected chi connectivity index (χ0v) is 17.6. The first-order valence-electron chi connectivity index (χ1n) is 9.82. The van der Waals surface area contributed by atoms with Gasteiger partial charge in [0.1, 0.15) is 11.6 Å². The molecule has 1 N–H and O–H groups in total. The number of methoxy groups -OCH3 is 2. The van der Waals surface area contributed by atoms with Gasteiger partial charge < -0.3 is 23.8 Å². The number of imidazole rings is 1. The summed E-state index contributed by atoms with van der Waals surface area (Å²) in [7, 11) is 7.20. The third-order valence-corrected chi connectivity index (χ3v) is 5.08. The van der Waals surface area contributed by atoms with E-state index in [9.17, 15) is 4.79 Å². The highest BCUT2D eigenvalue weighted by atomic mass is 16.5. The van der Waals surface area contributed by atoms with E-state index < -0.39 is 0 Å². The molecule has 0 aliphatic carbocycles. The van der Waals surface area contributed by atoms with E-state index in [4.69, 9.17) is 18.9 Å². The molecule has 0 radical (unpaired) electrons. The van der Waals surface area contributed by atoms with Crippen LogP contribution in [0, 0.1) is 0 Å². The monoisotopic (exact) mass is 407 g/mol. The van der Waals surface area contributed by atoms with Crippen molar-refractivity contribution in [1.29, 1.82) is 0 Å². The van der Waals surface area contributed by atoms with E-state index in [2.05, 4.69) is 24.0 Å². The molecule has 2 aromatic heterocycles. The minimum Gasteiger partial charge on any atom is -0.493 e. The van der Waals surface area contributed by atoms with Gasteiger partial charge in [0, 0.05) is 18.1 Å². The molecule has 2 aromatic carbocycles. The van der Waals surface area contributed by atoms with Crippen molar-refractivity contribution >= 4 is 22.0 Å². The Balaban J connectivity index is 1.75. The maximum Gasteiger partial charge on any atom is 0.204 e. The average molecular weight is 407 g/mol. The fourth-order valence-electron chi connectivity index (χ4n) is 3.57. The average Bonchev–Trinajstić information content (AvgIpc) is 3.14. The molecule has 0 unspecified atom stereocenters. The van der Waals surface area contributed by atoms with Gasteiger partial charge >= 0.3 is 0 Å². The molecule has 4 aromatic rings. The molecule has 0 saturated carbocycles. The van der Waals surface area contributed by atoms with Crippen LogP contribution in [0.2, 0.25) is 0 Å². The molecule has 0 amide bonds. The van der Waals surface area contributed by atoms with Gasteiger partial charge in [-0.15, -0.1) is 0 Å². The lowest BCUT2D eigenvalue weighted by Gasteiger charge is -2.10. The maximum absolute atomic E-state index is 12.7. The van der Waals surface area contributed by atoms with Crippen LogP contribution in [0.1, 0.15) is 12.2 Å². The van der Waals surface area contributed by atoms with Gasteiger partial charge in [0.2, 0.25) is 5.75 Å². The van der Waals surface area contributed by atoms with Crippen molar-refractivity contribution in [1.82, 2.24) is 14.9 Å². The molecule has 0 aliphatic rings. The van der Waals surface area contributed by atoms with Gasteiger partial charge in [0.05, 0.1) is 30.6 Å². The highest BCUT2D eigenvalue weighted by Crippen LogP contribution is 2.36. The lowest BCUT2D eigenvalue weighted by Crippen LogP contribution is -2.13. The number of aryl methyl sites for hydroxylation is 1. The lowest BCUT2D eigenvalue weighted by molar-refractivity contribution is 0.353. The van der Waals surface area contributed by atoms with Gasteiger partial charge in [-0.1, -0.05) is 0 Å². The summed E-state index contributed by atoms with van der Waals surface area (Å²) in [4.78, 5) is 22.9. The van der Waals surface area contributed by atoms with Gasteiger partial charge in [-0.25, -0.2) is 4.98 Å². The van der Waals surface area contributed by atoms with E-state index in [1.165, 1.54) is 13.2 Å². The van der Waals surface area contributed by atoms with Gasteiger partial charge in [-0.05, 0) is 57.4 Å². The zero-order chi connectivity index (χ0) is 21.3. The van der Waals surface area contributed by atoms with Gasteiger partial charge in [0.25, 0.3) is 0 Å². The summed E-state index contributed by atoms with van der Waals surface area (Å²) in [5.74, 6) is 2.32. The van der Waals surface area contributed by atoms with Crippen LogP contribution in [-0.2, 0) is 6.42 Å². The predicted molar refractivity (Wildman–Crippen MR) is 118 cm³/mol. The molecular formula is C23H25N3O4. The molecule has 7 nitrogen and oxygen atoms in total. The molecule has 0 bridgehead atoms. The Morgan fingerprint density at radius 3 is 2.67 bits per heavy atom. The Labute approximate surface area is 174 Å². The number of ether oxygens (including phenoxy) is 2. The molecule has 0 atom stereocenters. The summed E-state index contributed by atoms with van der Waals surface area (Å²) in [6, 6.07) is 10.7. The molecule has 156 valence electrons. The molecular weight excluding hydrogens is 382 g/mol. The summed E-state index contributed by atoms with van der Waals surface area (Å²) in [5.41, 5.74) is 2.80. The third kappa shape index (κ3) is 3.76. The Bertz CT molecular complexity index is 1260. The quantitative estimate of drug-likeness (QED) is 0.501. The van der Waals surface area contributed by atoms with Crippen LogP contribution in [-0.4, -0.2) is 49.7 Å². The van der Waals surface area contributed by atoms with Gasteiger partial charge in [-0.3, -0.25) is 4.79 Å². The molecule has 2 heterocycles. The molecule has 0 saturated heterocycles. The van der Waals surface area contributed by atoms with Gasteiger partial charge in [-0.2, -0.15) is 0 Å². The van der Waals surface area contributed by atoms with E-state index >= 15 is 0 Å². The maximum atomic E-state index is 12.7. The summed E-state index contributed by atoms with van der Waals surface area (Å²) in [6.45, 7) is 1.01. The Morgan fingerprint density at radius 2 is 1.93 bits per heavy atom. The van der Waals surface area contributed by atoms with Crippen LogP contribution in [0.5, 0.6) is 11.5 Å². The van der Waals surface area contributed by atoms with E-state index in [0.29, 0.717) is 28.2 Å². The second-order valence-electron chi connectivity index (χ2n) is 7.47. The number of benzene rings is 2. The number of aromatic amines is 1. The number of nitrogens with zero attached hydrogens (tertiary/aromatic N) is 2. The van der Waals surface area contributed by atoms with E-state index in [1.807, 2.05) is 18.2 Å². The summed E-state index contributed by atoms with van der Waals surface area (Å²) < 4.78 is 16.9. The number of H-pyrrole nitrogens is 1. The molecule has 0 spiro atoms. The van der Waals surface area contributed by atoms with Crippen molar-refractivity contribution in [2.24, 2.45) is 0 Å². The molecule has 7 heteroatoms. The fraction of sp³-hybridized carbons (Fsp3) is 0.304. The van der Waals surface area contributed by atoms with Crippen molar-refractivity contribution in [3.05, 3.63) is 52.4 Å². The van der Waals surface area contributed by atoms with Crippen LogP contribution in [0.15, 0.2) is 45.6 Å². The first-order chi connectivity index (χ1) is 14.5. The standard InChI is InChI=1S/C23H25N3O4/c1-26(2)11-5-6-21-24-16-9-7-14(12-17(16)25-21)20-13-18(27)15-8-10-19(28-3)23(29-4)22(15)30-20/h7-10,12-13H,5-6,11H2,1-4H3,(H,24,25). The highest BCUT2D eigenvalue weighted by Gasteiger charge is 2.16. The van der Waals surface area contributed by atoms with Crippen LogP contribution in [0.3, 0.4) is 0 Å². The number of rotatable bonds is 7. The largest absolute Gasteiger partial charge is 0.493 e. The third-order valence-electron chi connectivity index (χ3n) is 5.08. The van der Waals surface area contributed by atoms with Crippen molar-refractivity contribution in [3.63, 3.8) is 0 Å². The van der Waals surface area contributed by atoms with Crippen molar-refractivity contribution < 1.29 is 13.9 Å². The first-order valence-corrected chi connectivity index (χ1v) is 9.82. The summed E-state index contributed by atoms with van der Waals surface area (Å²) in [6.07, 6.45) is 1.91. The summed E-state index contributed by atoms with van der Waals surface area (Å²) >= 11 is 0. The number of fused-ring (bicyclic) bond motifs is 2. The summed E-state index contributed by atoms with van der Waals surface area (Å²) in [5, 5.41) is 0.445. The van der Waals surface area contributed by atoms with Crippen LogP contribution in [0.4, 0.5) is 0 Å². The van der Waals surface area contributed by atoms with Crippen molar-refractivity contribution in [2.75, 3.05) is 34.9 Å². The number of aromatic nitrogens is 2. The Hall–Kier alpha value is -3.32. The minimum absolute atomic E-state index is 0.140. The second-order valence-corrected chi connectivity index (χ2v) is 7.47. The van der Waals surface area contributed by atoms with Crippen molar-refractivity contribution in [2.45, 2.75) is 12.8 Å². The number of hydrogen-bond donors (Lipinski definition) is 1. The second kappa shape index (κ2) is 8.20.